The topological polar surface area (TPSA) is 119 Å². The Morgan fingerprint density at radius 2 is 1.58 bits per heavy atom. The summed E-state index contributed by atoms with van der Waals surface area (Å²) in [7, 11) is -4.63. The minimum Gasteiger partial charge on any atom is -0.493 e. The van der Waals surface area contributed by atoms with Gasteiger partial charge in [-0.2, -0.15) is 4.31 Å². The van der Waals surface area contributed by atoms with Crippen LogP contribution in [0.2, 0.25) is 0 Å². The van der Waals surface area contributed by atoms with Gasteiger partial charge in [0, 0.05) is 19.3 Å². The standard InChI is InChI=1S/C22H28N2O7S2/c1-30-20-12-7-16(14-21(20)31-2)15-24(19-6-4-5-13-23-22(19)25)33(28,29)18-10-8-17(9-11-18)32(3,26)27/h7-12,14,19H,4-6,13,15H2,1-3H3,(H,23,25). The maximum absolute atomic E-state index is 13.7. The van der Waals surface area contributed by atoms with Gasteiger partial charge in [-0.05, 0) is 61.2 Å². The van der Waals surface area contributed by atoms with Crippen molar-refractivity contribution in [2.75, 3.05) is 27.0 Å². The zero-order valence-electron chi connectivity index (χ0n) is 18.8. The summed E-state index contributed by atoms with van der Waals surface area (Å²) in [5.41, 5.74) is 0.612. The van der Waals surface area contributed by atoms with Crippen LogP contribution in [0.4, 0.5) is 0 Å². The first kappa shape index (κ1) is 25.0. The molecule has 1 aliphatic heterocycles. The number of nitrogens with zero attached hydrogens (tertiary/aromatic N) is 1. The number of carbonyl (C=O) groups excluding carboxylic acids is 1. The molecular weight excluding hydrogens is 468 g/mol. The van der Waals surface area contributed by atoms with Crippen molar-refractivity contribution < 1.29 is 31.1 Å². The van der Waals surface area contributed by atoms with Gasteiger partial charge in [0.05, 0.1) is 24.0 Å². The predicted octanol–water partition coefficient (Wildman–Crippen LogP) is 1.97. The summed E-state index contributed by atoms with van der Waals surface area (Å²) < 4.78 is 62.6. The van der Waals surface area contributed by atoms with E-state index in [9.17, 15) is 21.6 Å². The summed E-state index contributed by atoms with van der Waals surface area (Å²) in [6.45, 7) is 0.414. The third-order valence-corrected chi connectivity index (χ3v) is 8.50. The Hall–Kier alpha value is -2.63. The van der Waals surface area contributed by atoms with Gasteiger partial charge in [-0.25, -0.2) is 16.8 Å². The molecule has 1 saturated heterocycles. The van der Waals surface area contributed by atoms with Crippen LogP contribution in [0.5, 0.6) is 11.5 Å². The molecule has 1 N–H and O–H groups in total. The second-order valence-corrected chi connectivity index (χ2v) is 11.7. The highest BCUT2D eigenvalue weighted by Gasteiger charge is 2.36. The zero-order valence-corrected chi connectivity index (χ0v) is 20.4. The normalized spacial score (nSPS) is 17.3. The predicted molar refractivity (Wildman–Crippen MR) is 122 cm³/mol. The summed E-state index contributed by atoms with van der Waals surface area (Å²) >= 11 is 0. The van der Waals surface area contributed by atoms with Crippen LogP contribution in [-0.4, -0.2) is 60.1 Å². The van der Waals surface area contributed by atoms with Crippen LogP contribution in [0.3, 0.4) is 0 Å². The lowest BCUT2D eigenvalue weighted by Gasteiger charge is -2.29. The average molecular weight is 497 g/mol. The Morgan fingerprint density at radius 1 is 0.939 bits per heavy atom. The zero-order chi connectivity index (χ0) is 24.2. The number of hydrogen-bond donors (Lipinski definition) is 1. The van der Waals surface area contributed by atoms with Crippen molar-refractivity contribution in [2.24, 2.45) is 0 Å². The van der Waals surface area contributed by atoms with E-state index in [0.29, 0.717) is 36.4 Å². The van der Waals surface area contributed by atoms with E-state index in [1.165, 1.54) is 42.8 Å². The van der Waals surface area contributed by atoms with E-state index in [2.05, 4.69) is 5.32 Å². The van der Waals surface area contributed by atoms with E-state index < -0.39 is 25.9 Å². The van der Waals surface area contributed by atoms with Crippen LogP contribution in [0.1, 0.15) is 24.8 Å². The Kier molecular flexibility index (Phi) is 7.65. The molecule has 1 aliphatic rings. The van der Waals surface area contributed by atoms with Gasteiger partial charge in [-0.3, -0.25) is 4.79 Å². The molecule has 2 aromatic carbocycles. The molecule has 0 aliphatic carbocycles. The quantitative estimate of drug-likeness (QED) is 0.593. The van der Waals surface area contributed by atoms with Crippen molar-refractivity contribution in [3.8, 4) is 11.5 Å². The molecule has 33 heavy (non-hydrogen) atoms. The molecule has 180 valence electrons. The largest absolute Gasteiger partial charge is 0.493 e. The van der Waals surface area contributed by atoms with E-state index in [4.69, 9.17) is 9.47 Å². The third kappa shape index (κ3) is 5.66. The van der Waals surface area contributed by atoms with Gasteiger partial charge in [-0.15, -0.1) is 0 Å². The van der Waals surface area contributed by atoms with E-state index in [-0.39, 0.29) is 22.2 Å². The molecule has 2 aromatic rings. The highest BCUT2D eigenvalue weighted by molar-refractivity contribution is 7.90. The maximum atomic E-state index is 13.7. The third-order valence-electron chi connectivity index (χ3n) is 5.50. The van der Waals surface area contributed by atoms with E-state index in [1.807, 2.05) is 0 Å². The molecule has 1 amide bonds. The van der Waals surface area contributed by atoms with E-state index >= 15 is 0 Å². The Labute approximate surface area is 194 Å². The number of methoxy groups -OCH3 is 2. The number of ether oxygens (including phenoxy) is 2. The number of nitrogens with one attached hydrogen (secondary N) is 1. The van der Waals surface area contributed by atoms with Crippen LogP contribution in [0, 0.1) is 0 Å². The Bertz CT molecular complexity index is 1210. The van der Waals surface area contributed by atoms with Crippen molar-refractivity contribution in [3.63, 3.8) is 0 Å². The molecule has 0 bridgehead atoms. The number of sulfonamides is 1. The fraction of sp³-hybridized carbons (Fsp3) is 0.409. The first-order valence-electron chi connectivity index (χ1n) is 10.4. The SMILES string of the molecule is COc1ccc(CN(C2CCCCNC2=O)S(=O)(=O)c2ccc(S(C)(=O)=O)cc2)cc1OC. The fourth-order valence-corrected chi connectivity index (χ4v) is 5.95. The van der Waals surface area contributed by atoms with Crippen molar-refractivity contribution in [2.45, 2.75) is 41.6 Å². The second kappa shape index (κ2) is 10.1. The maximum Gasteiger partial charge on any atom is 0.244 e. The highest BCUT2D eigenvalue weighted by Crippen LogP contribution is 2.31. The van der Waals surface area contributed by atoms with Gasteiger partial charge in [0.25, 0.3) is 0 Å². The molecule has 1 atom stereocenters. The highest BCUT2D eigenvalue weighted by atomic mass is 32.2. The van der Waals surface area contributed by atoms with E-state index in [1.54, 1.807) is 18.2 Å². The van der Waals surface area contributed by atoms with Gasteiger partial charge in [-0.1, -0.05) is 6.07 Å². The molecule has 0 spiro atoms. The number of sulfone groups is 1. The van der Waals surface area contributed by atoms with Crippen molar-refractivity contribution in [3.05, 3.63) is 48.0 Å². The molecule has 0 aromatic heterocycles. The van der Waals surface area contributed by atoms with Crippen LogP contribution >= 0.6 is 0 Å². The van der Waals surface area contributed by atoms with Crippen molar-refractivity contribution in [1.29, 1.82) is 0 Å². The first-order valence-corrected chi connectivity index (χ1v) is 13.7. The molecule has 0 radical (unpaired) electrons. The lowest BCUT2D eigenvalue weighted by molar-refractivity contribution is -0.124. The molecule has 1 heterocycles. The van der Waals surface area contributed by atoms with Gasteiger partial charge < -0.3 is 14.8 Å². The summed E-state index contributed by atoms with van der Waals surface area (Å²) in [6.07, 6.45) is 2.87. The van der Waals surface area contributed by atoms with Crippen LogP contribution in [-0.2, 0) is 31.2 Å². The lowest BCUT2D eigenvalue weighted by atomic mass is 10.1. The number of hydrogen-bond acceptors (Lipinski definition) is 7. The minimum absolute atomic E-state index is 0.0140. The first-order chi connectivity index (χ1) is 15.6. The minimum atomic E-state index is -4.14. The Morgan fingerprint density at radius 3 is 2.18 bits per heavy atom. The van der Waals surface area contributed by atoms with Gasteiger partial charge in [0.1, 0.15) is 6.04 Å². The average Bonchev–Trinajstić information content (AvgIpc) is 3.00. The Balaban J connectivity index is 2.05. The smallest absolute Gasteiger partial charge is 0.244 e. The number of rotatable bonds is 8. The van der Waals surface area contributed by atoms with E-state index in [0.717, 1.165) is 12.7 Å². The number of benzene rings is 2. The van der Waals surface area contributed by atoms with Crippen LogP contribution < -0.4 is 14.8 Å². The molecule has 1 unspecified atom stereocenters. The molecular formula is C22H28N2O7S2. The van der Waals surface area contributed by atoms with Crippen LogP contribution in [0.15, 0.2) is 52.3 Å². The fourth-order valence-electron chi connectivity index (χ4n) is 3.71. The molecule has 9 nitrogen and oxygen atoms in total. The number of carbonyl (C=O) groups is 1. The molecule has 0 saturated carbocycles. The summed E-state index contributed by atoms with van der Waals surface area (Å²) in [4.78, 5) is 12.7. The molecule has 3 rings (SSSR count). The summed E-state index contributed by atoms with van der Waals surface area (Å²) in [5.74, 6) is 0.582. The molecule has 11 heteroatoms. The van der Waals surface area contributed by atoms with Crippen molar-refractivity contribution in [1.82, 2.24) is 9.62 Å². The summed E-state index contributed by atoms with van der Waals surface area (Å²) in [6, 6.07) is 9.17. The van der Waals surface area contributed by atoms with Gasteiger partial charge in [0.2, 0.25) is 15.9 Å². The van der Waals surface area contributed by atoms with Crippen molar-refractivity contribution >= 4 is 25.8 Å². The second-order valence-electron chi connectivity index (χ2n) is 7.79. The van der Waals surface area contributed by atoms with Gasteiger partial charge >= 0.3 is 0 Å². The summed E-state index contributed by atoms with van der Waals surface area (Å²) in [5, 5.41) is 2.79. The number of amides is 1. The lowest BCUT2D eigenvalue weighted by Crippen LogP contribution is -2.48. The van der Waals surface area contributed by atoms with Crippen LogP contribution in [0.25, 0.3) is 0 Å². The monoisotopic (exact) mass is 496 g/mol. The van der Waals surface area contributed by atoms with Gasteiger partial charge in [0.15, 0.2) is 21.3 Å². The molecule has 1 fully saturated rings.